The highest BCUT2D eigenvalue weighted by Crippen LogP contribution is 2.13. The van der Waals surface area contributed by atoms with E-state index in [9.17, 15) is 0 Å². The maximum atomic E-state index is 5.51. The van der Waals surface area contributed by atoms with E-state index in [1.54, 1.807) is 4.73 Å². The first-order chi connectivity index (χ1) is 7.42. The lowest BCUT2D eigenvalue weighted by molar-refractivity contribution is -0.882. The number of pyridine rings is 1. The summed E-state index contributed by atoms with van der Waals surface area (Å²) in [4.78, 5) is 5.51. The van der Waals surface area contributed by atoms with Gasteiger partial charge < -0.3 is 0 Å². The second-order valence-electron chi connectivity index (χ2n) is 3.20. The third-order valence-electron chi connectivity index (χ3n) is 2.16. The largest absolute Gasteiger partial charge is 0.271 e. The summed E-state index contributed by atoms with van der Waals surface area (Å²) in [7, 11) is 0. The SMILES string of the molecule is CCO[n+]1ccccc1-c1ccccc1. The van der Waals surface area contributed by atoms with E-state index in [4.69, 9.17) is 4.84 Å². The van der Waals surface area contributed by atoms with E-state index in [0.717, 1.165) is 11.3 Å². The third-order valence-corrected chi connectivity index (χ3v) is 2.16. The highest BCUT2D eigenvalue weighted by Gasteiger charge is 2.12. The molecule has 1 heterocycles. The molecule has 1 aromatic carbocycles. The van der Waals surface area contributed by atoms with Crippen LogP contribution < -0.4 is 9.57 Å². The zero-order valence-electron chi connectivity index (χ0n) is 8.76. The van der Waals surface area contributed by atoms with Gasteiger partial charge in [0.2, 0.25) is 6.20 Å². The fraction of sp³-hybridized carbons (Fsp3) is 0.154. The predicted molar refractivity (Wildman–Crippen MR) is 59.2 cm³/mol. The summed E-state index contributed by atoms with van der Waals surface area (Å²) in [5.74, 6) is 0. The zero-order valence-corrected chi connectivity index (χ0v) is 8.76. The van der Waals surface area contributed by atoms with Crippen molar-refractivity contribution in [1.29, 1.82) is 0 Å². The van der Waals surface area contributed by atoms with Crippen molar-refractivity contribution in [3.05, 3.63) is 54.7 Å². The monoisotopic (exact) mass is 200 g/mol. The predicted octanol–water partition coefficient (Wildman–Crippen LogP) is 2.09. The fourth-order valence-electron chi connectivity index (χ4n) is 1.51. The smallest absolute Gasteiger partial charge is 0.264 e. The minimum absolute atomic E-state index is 0.661. The number of hydrogen-bond acceptors (Lipinski definition) is 1. The summed E-state index contributed by atoms with van der Waals surface area (Å²) in [5.41, 5.74) is 2.23. The van der Waals surface area contributed by atoms with E-state index in [0.29, 0.717) is 6.61 Å². The van der Waals surface area contributed by atoms with E-state index >= 15 is 0 Å². The van der Waals surface area contributed by atoms with Crippen LogP contribution in [0.2, 0.25) is 0 Å². The van der Waals surface area contributed by atoms with Crippen LogP contribution in [0.5, 0.6) is 0 Å². The molecule has 0 saturated heterocycles. The van der Waals surface area contributed by atoms with Crippen molar-refractivity contribution in [2.75, 3.05) is 6.61 Å². The van der Waals surface area contributed by atoms with Gasteiger partial charge in [0.25, 0.3) is 5.69 Å². The summed E-state index contributed by atoms with van der Waals surface area (Å²) < 4.78 is 1.80. The number of benzene rings is 1. The lowest BCUT2D eigenvalue weighted by atomic mass is 10.1. The molecule has 2 heteroatoms. The molecule has 2 rings (SSSR count). The normalized spacial score (nSPS) is 9.93. The molecule has 76 valence electrons. The Balaban J connectivity index is 2.43. The summed E-state index contributed by atoms with van der Waals surface area (Å²) in [6.45, 7) is 2.64. The molecule has 0 aliphatic carbocycles. The quantitative estimate of drug-likeness (QED) is 0.691. The molecule has 0 N–H and O–H groups in total. The third kappa shape index (κ3) is 2.15. The molecule has 0 saturated carbocycles. The van der Waals surface area contributed by atoms with Gasteiger partial charge in [0, 0.05) is 16.9 Å². The van der Waals surface area contributed by atoms with Crippen LogP contribution >= 0.6 is 0 Å². The molecule has 1 aromatic heterocycles. The minimum Gasteiger partial charge on any atom is -0.271 e. The zero-order chi connectivity index (χ0) is 10.5. The summed E-state index contributed by atoms with van der Waals surface area (Å²) in [5, 5.41) is 0. The first kappa shape index (κ1) is 9.71. The van der Waals surface area contributed by atoms with Crippen LogP contribution in [-0.4, -0.2) is 6.61 Å². The van der Waals surface area contributed by atoms with Crippen molar-refractivity contribution in [3.63, 3.8) is 0 Å². The van der Waals surface area contributed by atoms with E-state index in [2.05, 4.69) is 12.1 Å². The Morgan fingerprint density at radius 2 is 1.73 bits per heavy atom. The Bertz CT molecular complexity index is 426. The van der Waals surface area contributed by atoms with Gasteiger partial charge in [0.05, 0.1) is 5.56 Å². The maximum absolute atomic E-state index is 5.51. The number of aromatic nitrogens is 1. The molecule has 0 spiro atoms. The van der Waals surface area contributed by atoms with Crippen molar-refractivity contribution < 1.29 is 9.57 Å². The molecule has 15 heavy (non-hydrogen) atoms. The van der Waals surface area contributed by atoms with Gasteiger partial charge in [-0.3, -0.25) is 4.84 Å². The molecule has 0 bridgehead atoms. The Morgan fingerprint density at radius 1 is 1.00 bits per heavy atom. The van der Waals surface area contributed by atoms with Gasteiger partial charge in [0.15, 0.2) is 6.61 Å². The van der Waals surface area contributed by atoms with Crippen LogP contribution in [0.25, 0.3) is 11.3 Å². The molecule has 2 nitrogen and oxygen atoms in total. The van der Waals surface area contributed by atoms with Gasteiger partial charge in [-0.25, -0.2) is 0 Å². The van der Waals surface area contributed by atoms with Crippen LogP contribution in [0.15, 0.2) is 54.7 Å². The molecule has 0 fully saturated rings. The Morgan fingerprint density at radius 3 is 2.47 bits per heavy atom. The standard InChI is InChI=1S/C13H14NO/c1-2-15-14-11-7-6-10-13(14)12-8-4-3-5-9-12/h3-11H,2H2,1H3/q+1. The topological polar surface area (TPSA) is 13.1 Å². The molecule has 0 amide bonds. The Hall–Kier alpha value is -1.83. The second kappa shape index (κ2) is 4.60. The molecule has 0 atom stereocenters. The van der Waals surface area contributed by atoms with E-state index < -0.39 is 0 Å². The molecule has 0 aliphatic heterocycles. The van der Waals surface area contributed by atoms with Crippen molar-refractivity contribution in [2.24, 2.45) is 0 Å². The lowest BCUT2D eigenvalue weighted by Crippen LogP contribution is -2.44. The van der Waals surface area contributed by atoms with Gasteiger partial charge in [0.1, 0.15) is 0 Å². The number of rotatable bonds is 3. The minimum atomic E-state index is 0.661. The lowest BCUT2D eigenvalue weighted by Gasteiger charge is -2.00. The molecule has 2 aromatic rings. The number of hydrogen-bond donors (Lipinski definition) is 0. The van der Waals surface area contributed by atoms with Gasteiger partial charge in [-0.2, -0.15) is 0 Å². The summed E-state index contributed by atoms with van der Waals surface area (Å²) in [6.07, 6.45) is 1.92. The first-order valence-corrected chi connectivity index (χ1v) is 5.11. The van der Waals surface area contributed by atoms with Crippen LogP contribution in [0.1, 0.15) is 6.92 Å². The average Bonchev–Trinajstić information content (AvgIpc) is 2.31. The molecular weight excluding hydrogens is 186 g/mol. The highest BCUT2D eigenvalue weighted by molar-refractivity contribution is 5.55. The molecule has 0 unspecified atom stereocenters. The molecular formula is C13H14NO+. The first-order valence-electron chi connectivity index (χ1n) is 5.11. The van der Waals surface area contributed by atoms with Crippen LogP contribution in [0, 0.1) is 0 Å². The summed E-state index contributed by atoms with van der Waals surface area (Å²) >= 11 is 0. The van der Waals surface area contributed by atoms with Crippen LogP contribution in [-0.2, 0) is 0 Å². The van der Waals surface area contributed by atoms with E-state index in [-0.39, 0.29) is 0 Å². The summed E-state index contributed by atoms with van der Waals surface area (Å²) in [6, 6.07) is 16.2. The van der Waals surface area contributed by atoms with Crippen molar-refractivity contribution >= 4 is 0 Å². The second-order valence-corrected chi connectivity index (χ2v) is 3.20. The molecule has 0 aliphatic rings. The van der Waals surface area contributed by atoms with Gasteiger partial charge >= 0.3 is 0 Å². The average molecular weight is 200 g/mol. The van der Waals surface area contributed by atoms with Crippen molar-refractivity contribution in [1.82, 2.24) is 0 Å². The van der Waals surface area contributed by atoms with Gasteiger partial charge in [-0.05, 0) is 25.1 Å². The van der Waals surface area contributed by atoms with E-state index in [1.807, 2.05) is 49.5 Å². The Kier molecular flexibility index (Phi) is 2.98. The molecule has 0 radical (unpaired) electrons. The van der Waals surface area contributed by atoms with Crippen LogP contribution in [0.4, 0.5) is 0 Å². The van der Waals surface area contributed by atoms with Gasteiger partial charge in [-0.1, -0.05) is 18.2 Å². The highest BCUT2D eigenvalue weighted by atomic mass is 16.7. The van der Waals surface area contributed by atoms with E-state index in [1.165, 1.54) is 0 Å². The fourth-order valence-corrected chi connectivity index (χ4v) is 1.51. The van der Waals surface area contributed by atoms with Crippen LogP contribution in [0.3, 0.4) is 0 Å². The maximum Gasteiger partial charge on any atom is 0.264 e. The Labute approximate surface area is 89.7 Å². The number of nitrogens with zero attached hydrogens (tertiary/aromatic N) is 1. The van der Waals surface area contributed by atoms with Crippen molar-refractivity contribution in [3.8, 4) is 11.3 Å². The van der Waals surface area contributed by atoms with Gasteiger partial charge in [-0.15, -0.1) is 0 Å². The van der Waals surface area contributed by atoms with Crippen molar-refractivity contribution in [2.45, 2.75) is 6.92 Å².